The molecule has 0 saturated carbocycles. The summed E-state index contributed by atoms with van der Waals surface area (Å²) in [5, 5.41) is 3.89. The largest absolute Gasteiger partial charge is 0.494 e. The summed E-state index contributed by atoms with van der Waals surface area (Å²) in [6, 6.07) is 14.2. The van der Waals surface area contributed by atoms with Crippen LogP contribution in [-0.4, -0.2) is 31.0 Å². The lowest BCUT2D eigenvalue weighted by atomic mass is 10.1. The molecular weight excluding hydrogens is 364 g/mol. The first-order chi connectivity index (χ1) is 13.1. The van der Waals surface area contributed by atoms with Crippen molar-refractivity contribution in [2.24, 2.45) is 0 Å². The van der Waals surface area contributed by atoms with Gasteiger partial charge >= 0.3 is 0 Å². The van der Waals surface area contributed by atoms with Crippen molar-refractivity contribution in [3.63, 3.8) is 0 Å². The van der Waals surface area contributed by atoms with Gasteiger partial charge in [-0.3, -0.25) is 9.59 Å². The first kappa shape index (κ1) is 19.4. The van der Waals surface area contributed by atoms with E-state index in [1.54, 1.807) is 24.3 Å². The van der Waals surface area contributed by atoms with Gasteiger partial charge < -0.3 is 10.1 Å². The Balaban J connectivity index is 1.56. The average Bonchev–Trinajstić information content (AvgIpc) is 2.96. The number of carbonyl (C=O) groups excluding carboxylic acids is 2. The van der Waals surface area contributed by atoms with E-state index in [1.165, 1.54) is 4.90 Å². The van der Waals surface area contributed by atoms with Gasteiger partial charge in [0.05, 0.1) is 24.8 Å². The Labute approximate surface area is 164 Å². The maximum absolute atomic E-state index is 12.7. The third-order valence-electron chi connectivity index (χ3n) is 4.43. The molecule has 5 nitrogen and oxygen atoms in total. The van der Waals surface area contributed by atoms with Crippen molar-refractivity contribution in [3.8, 4) is 5.75 Å². The van der Waals surface area contributed by atoms with E-state index in [-0.39, 0.29) is 18.2 Å². The zero-order valence-electron chi connectivity index (χ0n) is 15.3. The van der Waals surface area contributed by atoms with Crippen LogP contribution in [0.15, 0.2) is 48.5 Å². The number of halogens is 1. The predicted molar refractivity (Wildman–Crippen MR) is 106 cm³/mol. The van der Waals surface area contributed by atoms with Crippen molar-refractivity contribution in [1.82, 2.24) is 5.32 Å². The number of anilines is 1. The summed E-state index contributed by atoms with van der Waals surface area (Å²) in [6.45, 7) is 3.29. The number of nitrogens with one attached hydrogen (secondary N) is 1. The smallest absolute Gasteiger partial charge is 0.251 e. The quantitative estimate of drug-likeness (QED) is 0.704. The molecule has 1 atom stereocenters. The minimum absolute atomic E-state index is 0.174. The molecule has 1 fully saturated rings. The number of amides is 2. The lowest BCUT2D eigenvalue weighted by Crippen LogP contribution is -2.39. The van der Waals surface area contributed by atoms with Gasteiger partial charge in [0.15, 0.2) is 0 Å². The Bertz CT molecular complexity index is 790. The van der Waals surface area contributed by atoms with E-state index in [9.17, 15) is 9.59 Å². The van der Waals surface area contributed by atoms with Gasteiger partial charge in [-0.1, -0.05) is 30.7 Å². The molecule has 2 aromatic carbocycles. The Morgan fingerprint density at radius 1 is 1.11 bits per heavy atom. The fourth-order valence-corrected chi connectivity index (χ4v) is 3.14. The molecule has 1 saturated heterocycles. The Morgan fingerprint density at radius 3 is 2.48 bits per heavy atom. The summed E-state index contributed by atoms with van der Waals surface area (Å²) in [7, 11) is 0. The van der Waals surface area contributed by atoms with Crippen molar-refractivity contribution < 1.29 is 14.3 Å². The molecule has 6 heteroatoms. The summed E-state index contributed by atoms with van der Waals surface area (Å²) in [6.07, 6.45) is 1.86. The van der Waals surface area contributed by atoms with Crippen LogP contribution in [0.2, 0.25) is 5.02 Å². The first-order valence-corrected chi connectivity index (χ1v) is 9.53. The number of benzene rings is 2. The van der Waals surface area contributed by atoms with Gasteiger partial charge in [-0.15, -0.1) is 0 Å². The van der Waals surface area contributed by atoms with Gasteiger partial charge in [0.25, 0.3) is 5.91 Å². The zero-order valence-corrected chi connectivity index (χ0v) is 16.0. The Morgan fingerprint density at radius 2 is 1.81 bits per heavy atom. The van der Waals surface area contributed by atoms with Gasteiger partial charge in [0, 0.05) is 5.02 Å². The fourth-order valence-electron chi connectivity index (χ4n) is 3.02. The lowest BCUT2D eigenvalue weighted by molar-refractivity contribution is -0.121. The molecule has 0 aromatic heterocycles. The molecule has 2 amide bonds. The van der Waals surface area contributed by atoms with E-state index in [0.29, 0.717) is 23.9 Å². The molecule has 1 N–H and O–H groups in total. The van der Waals surface area contributed by atoms with Crippen LogP contribution in [0.1, 0.15) is 25.3 Å². The van der Waals surface area contributed by atoms with Gasteiger partial charge in [-0.05, 0) is 61.3 Å². The molecule has 27 heavy (non-hydrogen) atoms. The van der Waals surface area contributed by atoms with Gasteiger partial charge in [-0.2, -0.15) is 0 Å². The number of hydrogen-bond donors (Lipinski definition) is 1. The van der Waals surface area contributed by atoms with Gasteiger partial charge in [0.1, 0.15) is 5.75 Å². The van der Waals surface area contributed by atoms with Crippen molar-refractivity contribution >= 4 is 29.1 Å². The molecule has 2 aromatic rings. The van der Waals surface area contributed by atoms with Crippen LogP contribution in [0.3, 0.4) is 0 Å². The molecule has 1 aliphatic rings. The molecule has 0 aliphatic carbocycles. The number of rotatable bonds is 8. The van der Waals surface area contributed by atoms with Crippen LogP contribution in [0.4, 0.5) is 5.69 Å². The van der Waals surface area contributed by atoms with Crippen LogP contribution in [0, 0.1) is 0 Å². The van der Waals surface area contributed by atoms with E-state index < -0.39 is 6.04 Å². The van der Waals surface area contributed by atoms with Crippen LogP contribution in [0.25, 0.3) is 0 Å². The van der Waals surface area contributed by atoms with Crippen LogP contribution in [-0.2, 0) is 16.0 Å². The molecule has 0 spiro atoms. The van der Waals surface area contributed by atoms with E-state index in [4.69, 9.17) is 16.3 Å². The summed E-state index contributed by atoms with van der Waals surface area (Å²) in [5.74, 6) is 0.335. The van der Waals surface area contributed by atoms with Crippen molar-refractivity contribution in [3.05, 3.63) is 59.1 Å². The summed E-state index contributed by atoms with van der Waals surface area (Å²) in [5.41, 5.74) is 1.71. The van der Waals surface area contributed by atoms with E-state index in [0.717, 1.165) is 24.2 Å². The number of carbonyl (C=O) groups is 2. The van der Waals surface area contributed by atoms with Crippen LogP contribution >= 0.6 is 11.6 Å². The third kappa shape index (κ3) is 4.87. The highest BCUT2D eigenvalue weighted by Crippen LogP contribution is 2.25. The summed E-state index contributed by atoms with van der Waals surface area (Å²) < 4.78 is 5.54. The van der Waals surface area contributed by atoms with E-state index in [2.05, 4.69) is 5.32 Å². The average molecular weight is 387 g/mol. The van der Waals surface area contributed by atoms with Crippen molar-refractivity contribution in [2.45, 2.75) is 32.2 Å². The molecule has 142 valence electrons. The molecule has 1 aliphatic heterocycles. The fraction of sp³-hybridized carbons (Fsp3) is 0.333. The second-order valence-corrected chi connectivity index (χ2v) is 6.93. The number of imide groups is 1. The van der Waals surface area contributed by atoms with Gasteiger partial charge in [0.2, 0.25) is 5.91 Å². The molecule has 0 unspecified atom stereocenters. The highest BCUT2D eigenvalue weighted by atomic mass is 35.5. The Hall–Kier alpha value is -2.37. The maximum Gasteiger partial charge on any atom is 0.251 e. The van der Waals surface area contributed by atoms with Crippen molar-refractivity contribution in [2.75, 3.05) is 18.1 Å². The minimum Gasteiger partial charge on any atom is -0.494 e. The molecular formula is C21H23ClN2O3. The second kappa shape index (κ2) is 9.02. The van der Waals surface area contributed by atoms with Crippen LogP contribution < -0.4 is 15.0 Å². The SMILES string of the molecule is CCCOc1ccc(N2C(=O)C[C@@H](NCCc3ccc(Cl)cc3)C2=O)cc1. The second-order valence-electron chi connectivity index (χ2n) is 6.50. The van der Waals surface area contributed by atoms with Gasteiger partial charge in [-0.25, -0.2) is 4.90 Å². The highest BCUT2D eigenvalue weighted by Gasteiger charge is 2.39. The lowest BCUT2D eigenvalue weighted by Gasteiger charge is -2.16. The predicted octanol–water partition coefficient (Wildman–Crippen LogP) is 3.59. The van der Waals surface area contributed by atoms with E-state index >= 15 is 0 Å². The third-order valence-corrected chi connectivity index (χ3v) is 4.68. The van der Waals surface area contributed by atoms with Crippen molar-refractivity contribution in [1.29, 1.82) is 0 Å². The maximum atomic E-state index is 12.7. The van der Waals surface area contributed by atoms with Crippen LogP contribution in [0.5, 0.6) is 5.75 Å². The zero-order chi connectivity index (χ0) is 19.2. The molecule has 0 radical (unpaired) electrons. The standard InChI is InChI=1S/C21H23ClN2O3/c1-2-13-27-18-9-7-17(8-10-18)24-20(25)14-19(21(24)26)23-12-11-15-3-5-16(22)6-4-15/h3-10,19,23H,2,11-14H2,1H3/t19-/m1/s1. The first-order valence-electron chi connectivity index (χ1n) is 9.16. The number of ether oxygens (including phenoxy) is 1. The number of hydrogen-bond acceptors (Lipinski definition) is 4. The topological polar surface area (TPSA) is 58.6 Å². The molecule has 0 bridgehead atoms. The number of nitrogens with zero attached hydrogens (tertiary/aromatic N) is 1. The van der Waals surface area contributed by atoms with E-state index in [1.807, 2.05) is 31.2 Å². The summed E-state index contributed by atoms with van der Waals surface area (Å²) >= 11 is 5.88. The molecule has 1 heterocycles. The minimum atomic E-state index is -0.485. The normalized spacial score (nSPS) is 16.8. The summed E-state index contributed by atoms with van der Waals surface area (Å²) in [4.78, 5) is 26.3. The monoisotopic (exact) mass is 386 g/mol. The highest BCUT2D eigenvalue weighted by molar-refractivity contribution is 6.30. The molecule has 3 rings (SSSR count). The Kier molecular flexibility index (Phi) is 6.48.